The van der Waals surface area contributed by atoms with Gasteiger partial charge in [0.05, 0.1) is 29.3 Å². The van der Waals surface area contributed by atoms with Crippen LogP contribution in [-0.2, 0) is 0 Å². The van der Waals surface area contributed by atoms with Gasteiger partial charge in [-0.15, -0.1) is 5.10 Å². The topological polar surface area (TPSA) is 138 Å². The Morgan fingerprint density at radius 2 is 1.97 bits per heavy atom. The average molecular weight is 434 g/mol. The molecule has 10 nitrogen and oxygen atoms in total. The van der Waals surface area contributed by atoms with E-state index in [-0.39, 0.29) is 35.2 Å². The summed E-state index contributed by atoms with van der Waals surface area (Å²) in [6.45, 7) is 7.79. The van der Waals surface area contributed by atoms with Gasteiger partial charge in [0.1, 0.15) is 0 Å². The Kier molecular flexibility index (Phi) is 6.37. The van der Waals surface area contributed by atoms with Crippen LogP contribution in [0, 0.1) is 5.92 Å². The summed E-state index contributed by atoms with van der Waals surface area (Å²) in [5.41, 5.74) is 1.39. The van der Waals surface area contributed by atoms with E-state index in [0.717, 1.165) is 0 Å². The first kappa shape index (κ1) is 21.7. The van der Waals surface area contributed by atoms with Crippen molar-refractivity contribution >= 4 is 46.2 Å². The van der Waals surface area contributed by atoms with Crippen LogP contribution < -0.4 is 10.6 Å². The maximum absolute atomic E-state index is 11.4. The molecule has 3 aromatic rings. The number of aliphatic hydroxyl groups excluding tert-OH is 1. The van der Waals surface area contributed by atoms with Crippen molar-refractivity contribution in [2.24, 2.45) is 5.92 Å². The van der Waals surface area contributed by atoms with Crippen molar-refractivity contribution < 1.29 is 15.0 Å². The number of aliphatic hydroxyl groups is 1. The molecule has 160 valence electrons. The van der Waals surface area contributed by atoms with Gasteiger partial charge in [-0.3, -0.25) is 0 Å². The predicted octanol–water partition coefficient (Wildman–Crippen LogP) is 3.33. The van der Waals surface area contributed by atoms with Crippen LogP contribution in [0.2, 0.25) is 5.02 Å². The maximum Gasteiger partial charge on any atom is 0.337 e. The fraction of sp³-hybridized carbons (Fsp3) is 0.421. The highest BCUT2D eigenvalue weighted by Gasteiger charge is 2.20. The first-order chi connectivity index (χ1) is 14.2. The third-order valence-corrected chi connectivity index (χ3v) is 4.92. The van der Waals surface area contributed by atoms with Crippen molar-refractivity contribution in [3.8, 4) is 0 Å². The van der Waals surface area contributed by atoms with Crippen molar-refractivity contribution in [2.45, 2.75) is 39.8 Å². The maximum atomic E-state index is 11.4. The number of rotatable bonds is 8. The molecule has 0 aliphatic rings. The second-order valence-corrected chi connectivity index (χ2v) is 7.91. The molecule has 0 fully saturated rings. The second kappa shape index (κ2) is 8.80. The van der Waals surface area contributed by atoms with Gasteiger partial charge >= 0.3 is 5.97 Å². The summed E-state index contributed by atoms with van der Waals surface area (Å²) < 4.78 is 1.67. The average Bonchev–Trinajstić information content (AvgIpc) is 3.11. The summed E-state index contributed by atoms with van der Waals surface area (Å²) in [4.78, 5) is 20.4. The van der Waals surface area contributed by atoms with Crippen molar-refractivity contribution in [3.05, 3.63) is 28.8 Å². The lowest BCUT2D eigenvalue weighted by Crippen LogP contribution is -2.30. The third-order valence-electron chi connectivity index (χ3n) is 4.59. The monoisotopic (exact) mass is 433 g/mol. The van der Waals surface area contributed by atoms with Crippen LogP contribution >= 0.6 is 11.6 Å². The molecule has 0 spiro atoms. The SMILES string of the molecule is CC(C)[C@H](CO)Nc1nc(Nc2ccc(Cl)c(C(=O)O)c2)c2nnn(C(C)C)c2n1. The zero-order chi connectivity index (χ0) is 22.0. The summed E-state index contributed by atoms with van der Waals surface area (Å²) >= 11 is 5.96. The lowest BCUT2D eigenvalue weighted by Gasteiger charge is -2.20. The Hall–Kier alpha value is -2.98. The van der Waals surface area contributed by atoms with E-state index in [1.54, 1.807) is 10.7 Å². The van der Waals surface area contributed by atoms with Gasteiger partial charge in [0.15, 0.2) is 17.0 Å². The number of hydrogen-bond acceptors (Lipinski definition) is 8. The van der Waals surface area contributed by atoms with Gasteiger partial charge in [-0.2, -0.15) is 9.97 Å². The molecule has 0 amide bonds. The number of halogens is 1. The molecule has 0 aliphatic heterocycles. The third kappa shape index (κ3) is 4.44. The van der Waals surface area contributed by atoms with Crippen LogP contribution in [0.3, 0.4) is 0 Å². The predicted molar refractivity (Wildman–Crippen MR) is 115 cm³/mol. The van der Waals surface area contributed by atoms with Crippen LogP contribution in [0.4, 0.5) is 17.5 Å². The summed E-state index contributed by atoms with van der Waals surface area (Å²) in [5.74, 6) is -0.330. The zero-order valence-electron chi connectivity index (χ0n) is 17.1. The molecule has 0 unspecified atom stereocenters. The minimum Gasteiger partial charge on any atom is -0.478 e. The summed E-state index contributed by atoms with van der Waals surface area (Å²) in [7, 11) is 0. The van der Waals surface area contributed by atoms with Crippen LogP contribution in [0.25, 0.3) is 11.2 Å². The first-order valence-electron chi connectivity index (χ1n) is 9.51. The highest BCUT2D eigenvalue weighted by molar-refractivity contribution is 6.33. The molecular weight excluding hydrogens is 410 g/mol. The highest BCUT2D eigenvalue weighted by Crippen LogP contribution is 2.28. The van der Waals surface area contributed by atoms with Gasteiger partial charge in [-0.1, -0.05) is 30.7 Å². The number of nitrogens with zero attached hydrogens (tertiary/aromatic N) is 5. The molecule has 0 saturated carbocycles. The van der Waals surface area contributed by atoms with Crippen LogP contribution in [0.5, 0.6) is 0 Å². The number of anilines is 3. The normalized spacial score (nSPS) is 12.5. The van der Waals surface area contributed by atoms with Crippen molar-refractivity contribution in [2.75, 3.05) is 17.2 Å². The number of carbonyl (C=O) groups is 1. The molecule has 4 N–H and O–H groups in total. The van der Waals surface area contributed by atoms with E-state index in [4.69, 9.17) is 11.6 Å². The molecule has 0 bridgehead atoms. The Bertz CT molecular complexity index is 1070. The van der Waals surface area contributed by atoms with Crippen LogP contribution in [0.1, 0.15) is 44.1 Å². The molecule has 2 aromatic heterocycles. The molecule has 1 aromatic carbocycles. The van der Waals surface area contributed by atoms with E-state index in [2.05, 4.69) is 30.9 Å². The van der Waals surface area contributed by atoms with Crippen molar-refractivity contribution in [1.82, 2.24) is 25.0 Å². The number of benzene rings is 1. The quantitative estimate of drug-likeness (QED) is 0.421. The van der Waals surface area contributed by atoms with E-state index in [1.165, 1.54) is 12.1 Å². The minimum absolute atomic E-state index is 0.0125. The molecular formula is C19H24ClN7O3. The lowest BCUT2D eigenvalue weighted by atomic mass is 10.1. The van der Waals surface area contributed by atoms with E-state index >= 15 is 0 Å². The standard InChI is InChI=1S/C19H24ClN7O3/c1-9(2)14(8-28)22-19-23-16(15-17(24-19)27(10(3)4)26-25-15)21-11-5-6-13(20)12(7-11)18(29)30/h5-7,9-10,14,28H,8H2,1-4H3,(H,29,30)(H2,21,22,23,24)/t14-/m0/s1. The molecule has 3 rings (SSSR count). The number of carboxylic acid groups (broad SMARTS) is 1. The molecule has 0 radical (unpaired) electrons. The van der Waals surface area contributed by atoms with Crippen molar-refractivity contribution in [1.29, 1.82) is 0 Å². The van der Waals surface area contributed by atoms with E-state index < -0.39 is 5.97 Å². The Balaban J connectivity index is 2.08. The number of nitrogens with one attached hydrogen (secondary N) is 2. The van der Waals surface area contributed by atoms with Crippen LogP contribution in [-0.4, -0.2) is 53.8 Å². The van der Waals surface area contributed by atoms with Crippen molar-refractivity contribution in [3.63, 3.8) is 0 Å². The van der Waals surface area contributed by atoms with Gasteiger partial charge in [0.25, 0.3) is 0 Å². The summed E-state index contributed by atoms with van der Waals surface area (Å²) in [6, 6.07) is 4.33. The number of fused-ring (bicyclic) bond motifs is 1. The molecule has 0 aliphatic carbocycles. The summed E-state index contributed by atoms with van der Waals surface area (Å²) in [6.07, 6.45) is 0. The first-order valence-corrected chi connectivity index (χ1v) is 9.89. The molecule has 11 heteroatoms. The number of aromatic carboxylic acids is 1. The lowest BCUT2D eigenvalue weighted by molar-refractivity contribution is 0.0697. The number of aromatic nitrogens is 5. The Morgan fingerprint density at radius 3 is 2.57 bits per heavy atom. The minimum atomic E-state index is -1.13. The number of carboxylic acids is 1. The largest absolute Gasteiger partial charge is 0.478 e. The fourth-order valence-electron chi connectivity index (χ4n) is 2.82. The van der Waals surface area contributed by atoms with Gasteiger partial charge in [-0.05, 0) is 38.0 Å². The number of hydrogen-bond donors (Lipinski definition) is 4. The Morgan fingerprint density at radius 1 is 1.23 bits per heavy atom. The molecule has 1 atom stereocenters. The molecule has 30 heavy (non-hydrogen) atoms. The van der Waals surface area contributed by atoms with Gasteiger partial charge < -0.3 is 20.8 Å². The van der Waals surface area contributed by atoms with E-state index in [9.17, 15) is 15.0 Å². The van der Waals surface area contributed by atoms with Crippen LogP contribution in [0.15, 0.2) is 18.2 Å². The highest BCUT2D eigenvalue weighted by atomic mass is 35.5. The molecule has 2 heterocycles. The van der Waals surface area contributed by atoms with Gasteiger partial charge in [0, 0.05) is 5.69 Å². The van der Waals surface area contributed by atoms with Gasteiger partial charge in [0.2, 0.25) is 5.95 Å². The van der Waals surface area contributed by atoms with E-state index in [1.807, 2.05) is 27.7 Å². The molecule has 0 saturated heterocycles. The van der Waals surface area contributed by atoms with Gasteiger partial charge in [-0.25, -0.2) is 9.48 Å². The fourth-order valence-corrected chi connectivity index (χ4v) is 3.02. The second-order valence-electron chi connectivity index (χ2n) is 7.50. The summed E-state index contributed by atoms with van der Waals surface area (Å²) in [5, 5.41) is 33.7. The Labute approximate surface area is 178 Å². The smallest absolute Gasteiger partial charge is 0.337 e. The van der Waals surface area contributed by atoms with E-state index in [0.29, 0.717) is 28.6 Å². The zero-order valence-corrected chi connectivity index (χ0v) is 17.8.